The van der Waals surface area contributed by atoms with Gasteiger partial charge in [0.15, 0.2) is 0 Å². The Hall–Kier alpha value is -1.16. The minimum atomic E-state index is -0.803. The molecule has 1 spiro atoms. The van der Waals surface area contributed by atoms with E-state index in [4.69, 9.17) is 4.74 Å². The van der Waals surface area contributed by atoms with Crippen LogP contribution in [0.1, 0.15) is 39.5 Å². The molecule has 1 unspecified atom stereocenters. The van der Waals surface area contributed by atoms with Gasteiger partial charge in [0, 0.05) is 24.2 Å². The van der Waals surface area contributed by atoms with Crippen molar-refractivity contribution < 1.29 is 19.4 Å². The lowest BCUT2D eigenvalue weighted by atomic mass is 9.64. The quantitative estimate of drug-likeness (QED) is 0.612. The summed E-state index contributed by atoms with van der Waals surface area (Å²) in [6.07, 6.45) is 6.18. The SMILES string of the molecule is COC(=O)C1CC(=O)CC[C@]12C=C[C@@H](C(C)(C)O)C2. The molecule has 0 aromatic rings. The van der Waals surface area contributed by atoms with Crippen molar-refractivity contribution in [1.29, 1.82) is 0 Å². The molecule has 0 aliphatic heterocycles. The second-order valence-corrected chi connectivity index (χ2v) is 6.38. The third kappa shape index (κ3) is 2.59. The van der Waals surface area contributed by atoms with Crippen molar-refractivity contribution in [3.05, 3.63) is 12.2 Å². The maximum Gasteiger partial charge on any atom is 0.309 e. The summed E-state index contributed by atoms with van der Waals surface area (Å²) in [5.41, 5.74) is -1.12. The summed E-state index contributed by atoms with van der Waals surface area (Å²) in [4.78, 5) is 23.6. The van der Waals surface area contributed by atoms with Crippen LogP contribution in [-0.2, 0) is 14.3 Å². The number of ketones is 1. The lowest BCUT2D eigenvalue weighted by Gasteiger charge is -2.39. The van der Waals surface area contributed by atoms with Gasteiger partial charge in [0.25, 0.3) is 0 Å². The van der Waals surface area contributed by atoms with Gasteiger partial charge in [-0.05, 0) is 26.7 Å². The third-order valence-corrected chi connectivity index (χ3v) is 4.65. The fraction of sp³-hybridized carbons (Fsp3) is 0.733. The molecule has 19 heavy (non-hydrogen) atoms. The average Bonchev–Trinajstić information content (AvgIpc) is 2.77. The number of rotatable bonds is 2. The molecule has 4 heteroatoms. The molecule has 4 nitrogen and oxygen atoms in total. The van der Waals surface area contributed by atoms with Crippen LogP contribution in [0.3, 0.4) is 0 Å². The minimum Gasteiger partial charge on any atom is -0.469 e. The van der Waals surface area contributed by atoms with E-state index in [0.29, 0.717) is 19.3 Å². The molecule has 0 aromatic carbocycles. The average molecular weight is 266 g/mol. The first-order chi connectivity index (χ1) is 8.78. The van der Waals surface area contributed by atoms with Crippen LogP contribution in [0, 0.1) is 17.3 Å². The number of Topliss-reactive ketones (excluding diaryl/α,β-unsaturated/α-hetero) is 1. The van der Waals surface area contributed by atoms with Crippen molar-refractivity contribution in [2.45, 2.75) is 45.1 Å². The monoisotopic (exact) mass is 266 g/mol. The number of hydrogen-bond donors (Lipinski definition) is 1. The highest BCUT2D eigenvalue weighted by molar-refractivity contribution is 5.86. The van der Waals surface area contributed by atoms with E-state index in [-0.39, 0.29) is 29.5 Å². The molecule has 0 bridgehead atoms. The number of hydrogen-bond acceptors (Lipinski definition) is 4. The first-order valence-electron chi connectivity index (χ1n) is 6.80. The molecule has 0 aromatic heterocycles. The molecule has 2 aliphatic carbocycles. The summed E-state index contributed by atoms with van der Waals surface area (Å²) in [7, 11) is 1.36. The summed E-state index contributed by atoms with van der Waals surface area (Å²) < 4.78 is 4.86. The van der Waals surface area contributed by atoms with Gasteiger partial charge in [-0.2, -0.15) is 0 Å². The number of esters is 1. The Bertz CT molecular complexity index is 418. The molecule has 0 radical (unpaired) electrons. The first-order valence-corrected chi connectivity index (χ1v) is 6.80. The lowest BCUT2D eigenvalue weighted by molar-refractivity contribution is -0.154. The lowest BCUT2D eigenvalue weighted by Crippen LogP contribution is -2.41. The molecule has 106 valence electrons. The highest BCUT2D eigenvalue weighted by atomic mass is 16.5. The van der Waals surface area contributed by atoms with Gasteiger partial charge in [-0.3, -0.25) is 9.59 Å². The molecule has 0 saturated heterocycles. The van der Waals surface area contributed by atoms with Crippen molar-refractivity contribution >= 4 is 11.8 Å². The molecule has 1 saturated carbocycles. The Morgan fingerprint density at radius 2 is 2.21 bits per heavy atom. The highest BCUT2D eigenvalue weighted by Gasteiger charge is 2.50. The van der Waals surface area contributed by atoms with E-state index in [0.717, 1.165) is 0 Å². The van der Waals surface area contributed by atoms with Gasteiger partial charge in [-0.25, -0.2) is 0 Å². The second kappa shape index (κ2) is 4.75. The van der Waals surface area contributed by atoms with Crippen molar-refractivity contribution in [1.82, 2.24) is 0 Å². The van der Waals surface area contributed by atoms with Crippen LogP contribution < -0.4 is 0 Å². The van der Waals surface area contributed by atoms with Crippen molar-refractivity contribution in [2.24, 2.45) is 17.3 Å². The number of ether oxygens (including phenoxy) is 1. The summed E-state index contributed by atoms with van der Waals surface area (Å²) in [5.74, 6) is -0.564. The fourth-order valence-electron chi connectivity index (χ4n) is 3.32. The number of aliphatic hydroxyl groups is 1. The Kier molecular flexibility index (Phi) is 3.56. The molecular weight excluding hydrogens is 244 g/mol. The summed E-state index contributed by atoms with van der Waals surface area (Å²) in [6.45, 7) is 3.56. The Morgan fingerprint density at radius 3 is 2.74 bits per heavy atom. The Balaban J connectivity index is 2.24. The van der Waals surface area contributed by atoms with Crippen LogP contribution in [0.5, 0.6) is 0 Å². The van der Waals surface area contributed by atoms with Gasteiger partial charge < -0.3 is 9.84 Å². The molecule has 2 aliphatic rings. The van der Waals surface area contributed by atoms with E-state index in [1.54, 1.807) is 13.8 Å². The van der Waals surface area contributed by atoms with E-state index in [1.165, 1.54) is 7.11 Å². The molecule has 2 rings (SSSR count). The van der Waals surface area contributed by atoms with Gasteiger partial charge in [0.05, 0.1) is 18.6 Å². The standard InChI is InChI=1S/C15H22O4/c1-14(2,18)10-4-6-15(9-10)7-5-11(16)8-12(15)13(17)19-3/h4,6,10,12,18H,5,7-9H2,1-3H3/t10-,12?,15+/m1/s1. The third-order valence-electron chi connectivity index (χ3n) is 4.65. The maximum absolute atomic E-state index is 12.0. The Labute approximate surface area is 113 Å². The van der Waals surface area contributed by atoms with Crippen molar-refractivity contribution in [3.8, 4) is 0 Å². The number of carbonyl (C=O) groups excluding carboxylic acids is 2. The van der Waals surface area contributed by atoms with Crippen LogP contribution in [0.2, 0.25) is 0 Å². The molecule has 0 amide bonds. The Morgan fingerprint density at radius 1 is 1.53 bits per heavy atom. The van der Waals surface area contributed by atoms with E-state index in [2.05, 4.69) is 0 Å². The van der Waals surface area contributed by atoms with Crippen LogP contribution >= 0.6 is 0 Å². The van der Waals surface area contributed by atoms with Crippen LogP contribution in [0.25, 0.3) is 0 Å². The predicted octanol–water partition coefficient (Wildman–Crippen LogP) is 1.86. The van der Waals surface area contributed by atoms with Crippen LogP contribution in [0.4, 0.5) is 0 Å². The molecule has 1 fully saturated rings. The highest BCUT2D eigenvalue weighted by Crippen LogP contribution is 2.52. The van der Waals surface area contributed by atoms with Gasteiger partial charge in [0.1, 0.15) is 5.78 Å². The van der Waals surface area contributed by atoms with Crippen LogP contribution in [0.15, 0.2) is 12.2 Å². The van der Waals surface area contributed by atoms with Crippen molar-refractivity contribution in [2.75, 3.05) is 7.11 Å². The summed E-state index contributed by atoms with van der Waals surface area (Å²) in [5, 5.41) is 10.1. The smallest absolute Gasteiger partial charge is 0.309 e. The molecule has 3 atom stereocenters. The largest absolute Gasteiger partial charge is 0.469 e. The number of methoxy groups -OCH3 is 1. The van der Waals surface area contributed by atoms with E-state index >= 15 is 0 Å². The maximum atomic E-state index is 12.0. The van der Waals surface area contributed by atoms with Gasteiger partial charge in [-0.15, -0.1) is 0 Å². The van der Waals surface area contributed by atoms with E-state index < -0.39 is 11.5 Å². The normalized spacial score (nSPS) is 34.8. The zero-order chi connectivity index (χ0) is 14.3. The topological polar surface area (TPSA) is 63.6 Å². The van der Waals surface area contributed by atoms with Gasteiger partial charge in [0.2, 0.25) is 0 Å². The molecule has 1 N–H and O–H groups in total. The van der Waals surface area contributed by atoms with Gasteiger partial charge in [-0.1, -0.05) is 12.2 Å². The number of allylic oxidation sites excluding steroid dienone is 1. The zero-order valence-electron chi connectivity index (χ0n) is 11.8. The molecule has 0 heterocycles. The fourth-order valence-corrected chi connectivity index (χ4v) is 3.32. The first kappa shape index (κ1) is 14.3. The number of carbonyl (C=O) groups is 2. The predicted molar refractivity (Wildman–Crippen MR) is 70.3 cm³/mol. The van der Waals surface area contributed by atoms with Crippen molar-refractivity contribution in [3.63, 3.8) is 0 Å². The summed E-state index contributed by atoms with van der Waals surface area (Å²) in [6, 6.07) is 0. The zero-order valence-corrected chi connectivity index (χ0v) is 11.8. The van der Waals surface area contributed by atoms with Gasteiger partial charge >= 0.3 is 5.97 Å². The molecular formula is C15H22O4. The van der Waals surface area contributed by atoms with E-state index in [9.17, 15) is 14.7 Å². The summed E-state index contributed by atoms with van der Waals surface area (Å²) >= 11 is 0. The van der Waals surface area contributed by atoms with E-state index in [1.807, 2.05) is 12.2 Å². The second-order valence-electron chi connectivity index (χ2n) is 6.38. The van der Waals surface area contributed by atoms with Crippen LogP contribution in [-0.4, -0.2) is 29.6 Å². The minimum absolute atomic E-state index is 0.0212.